The molecule has 0 atom stereocenters. The van der Waals surface area contributed by atoms with Crippen LogP contribution >= 0.6 is 0 Å². The zero-order valence-corrected chi connectivity index (χ0v) is 21.9. The molecule has 0 aliphatic carbocycles. The summed E-state index contributed by atoms with van der Waals surface area (Å²) in [6, 6.07) is 16.8. The Morgan fingerprint density at radius 2 is 1.62 bits per heavy atom. The number of amides is 1. The highest BCUT2D eigenvalue weighted by atomic mass is 16.1. The van der Waals surface area contributed by atoms with E-state index in [2.05, 4.69) is 98.5 Å². The highest BCUT2D eigenvalue weighted by molar-refractivity contribution is 5.93. The monoisotopic (exact) mass is 462 g/mol. The molecule has 0 aliphatic heterocycles. The van der Waals surface area contributed by atoms with Crippen molar-refractivity contribution in [3.05, 3.63) is 94.3 Å². The van der Waals surface area contributed by atoms with Crippen LogP contribution < -0.4 is 11.1 Å². The molecule has 1 aromatic heterocycles. The summed E-state index contributed by atoms with van der Waals surface area (Å²) in [7, 11) is 1.50. The van der Waals surface area contributed by atoms with Gasteiger partial charge in [-0.2, -0.15) is 5.10 Å². The van der Waals surface area contributed by atoms with E-state index < -0.39 is 0 Å². The fraction of sp³-hybridized carbons (Fsp3) is 0.379. The number of hydrogen-bond donors (Lipinski definition) is 2. The predicted octanol–water partition coefficient (Wildman–Crippen LogP) is 6.40. The van der Waals surface area contributed by atoms with Crippen LogP contribution in [0.15, 0.2) is 66.5 Å². The molecule has 5 heteroatoms. The quantitative estimate of drug-likeness (QED) is 0.407. The number of benzene rings is 2. The minimum Gasteiger partial charge on any atom is -0.348 e. The van der Waals surface area contributed by atoms with Gasteiger partial charge in [0.1, 0.15) is 0 Å². The molecule has 5 nitrogen and oxygen atoms in total. The van der Waals surface area contributed by atoms with Gasteiger partial charge in [-0.25, -0.2) is 0 Å². The number of carbonyl (C=O) groups is 1. The standard InChI is InChI=1S/C26H31N3O.C2H6.CH5N/c1-5-20(4)14-21-6-8-22(9-7-21)15-27-26(30)25-16-28-29(18-25)17-23-10-12-24(13-11-23)19(2)3;2*1-2/h6-14,16,18-19H,5,15,17H2,1-4H3,(H,27,30);1-2H3;2H2,1H3/b20-14+;;. The Kier molecular flexibility index (Phi) is 13.3. The van der Waals surface area contributed by atoms with E-state index in [1.165, 1.54) is 29.3 Å². The number of carbonyl (C=O) groups excluding carboxylic acids is 1. The number of hydrogen-bond acceptors (Lipinski definition) is 3. The largest absolute Gasteiger partial charge is 0.348 e. The van der Waals surface area contributed by atoms with Crippen molar-refractivity contribution in [1.29, 1.82) is 0 Å². The molecule has 1 amide bonds. The SMILES string of the molecule is CC.CC/C(C)=C/c1ccc(CNC(=O)c2cnn(Cc3ccc(C(C)C)cc3)c2)cc1.CN. The van der Waals surface area contributed by atoms with E-state index in [1.807, 2.05) is 13.8 Å². The lowest BCUT2D eigenvalue weighted by Crippen LogP contribution is -2.22. The summed E-state index contributed by atoms with van der Waals surface area (Å²) in [6.07, 6.45) is 6.66. The number of nitrogens with one attached hydrogen (secondary N) is 1. The molecule has 0 aliphatic rings. The van der Waals surface area contributed by atoms with E-state index in [0.717, 1.165) is 12.0 Å². The molecule has 3 aromatic rings. The third kappa shape index (κ3) is 9.36. The Bertz CT molecular complexity index is 999. The summed E-state index contributed by atoms with van der Waals surface area (Å²) in [5.41, 5.74) is 11.2. The first-order valence-corrected chi connectivity index (χ1v) is 12.2. The van der Waals surface area contributed by atoms with Crippen LogP contribution in [0.5, 0.6) is 0 Å². The van der Waals surface area contributed by atoms with Gasteiger partial charge in [0.25, 0.3) is 5.91 Å². The van der Waals surface area contributed by atoms with Gasteiger partial charge in [0.15, 0.2) is 0 Å². The molecular formula is C29H42N4O. The van der Waals surface area contributed by atoms with Crippen molar-refractivity contribution in [2.75, 3.05) is 7.05 Å². The van der Waals surface area contributed by atoms with E-state index in [-0.39, 0.29) is 5.91 Å². The van der Waals surface area contributed by atoms with Crippen LogP contribution in [0.4, 0.5) is 0 Å². The van der Waals surface area contributed by atoms with Crippen LogP contribution in [0.3, 0.4) is 0 Å². The van der Waals surface area contributed by atoms with Crippen LogP contribution in [0, 0.1) is 0 Å². The number of nitrogens with zero attached hydrogens (tertiary/aromatic N) is 2. The van der Waals surface area contributed by atoms with Gasteiger partial charge < -0.3 is 11.1 Å². The normalized spacial score (nSPS) is 10.7. The maximum Gasteiger partial charge on any atom is 0.254 e. The highest BCUT2D eigenvalue weighted by Crippen LogP contribution is 2.15. The molecule has 3 N–H and O–H groups in total. The molecule has 0 bridgehead atoms. The van der Waals surface area contributed by atoms with Gasteiger partial charge in [0, 0.05) is 12.7 Å². The van der Waals surface area contributed by atoms with E-state index in [9.17, 15) is 4.79 Å². The van der Waals surface area contributed by atoms with Gasteiger partial charge >= 0.3 is 0 Å². The fourth-order valence-electron chi connectivity index (χ4n) is 3.16. The van der Waals surface area contributed by atoms with Crippen molar-refractivity contribution in [2.45, 2.75) is 67.0 Å². The second-order valence-corrected chi connectivity index (χ2v) is 8.09. The molecule has 0 fully saturated rings. The number of rotatable bonds is 8. The molecule has 0 saturated heterocycles. The van der Waals surface area contributed by atoms with Gasteiger partial charge in [-0.1, -0.05) is 94.8 Å². The van der Waals surface area contributed by atoms with E-state index >= 15 is 0 Å². The molecule has 0 unspecified atom stereocenters. The van der Waals surface area contributed by atoms with Crippen molar-refractivity contribution in [2.24, 2.45) is 5.73 Å². The van der Waals surface area contributed by atoms with Crippen LogP contribution in [0.1, 0.15) is 86.5 Å². The third-order valence-electron chi connectivity index (χ3n) is 5.29. The Labute approximate surface area is 206 Å². The Morgan fingerprint density at radius 1 is 1.03 bits per heavy atom. The molecule has 0 saturated carbocycles. The van der Waals surface area contributed by atoms with Crippen molar-refractivity contribution in [3.8, 4) is 0 Å². The van der Waals surface area contributed by atoms with Crippen molar-refractivity contribution < 1.29 is 4.79 Å². The lowest BCUT2D eigenvalue weighted by atomic mass is 10.0. The zero-order chi connectivity index (χ0) is 25.5. The summed E-state index contributed by atoms with van der Waals surface area (Å²) in [4.78, 5) is 12.5. The molecule has 34 heavy (non-hydrogen) atoms. The smallest absolute Gasteiger partial charge is 0.254 e. The molecule has 0 spiro atoms. The Morgan fingerprint density at radius 3 is 2.18 bits per heavy atom. The topological polar surface area (TPSA) is 72.9 Å². The summed E-state index contributed by atoms with van der Waals surface area (Å²) in [5.74, 6) is 0.411. The van der Waals surface area contributed by atoms with E-state index in [0.29, 0.717) is 24.6 Å². The first kappa shape index (κ1) is 28.9. The maximum atomic E-state index is 12.5. The van der Waals surface area contributed by atoms with Crippen LogP contribution in [0.2, 0.25) is 0 Å². The fourth-order valence-corrected chi connectivity index (χ4v) is 3.16. The number of allylic oxidation sites excluding steroid dienone is 1. The number of aromatic nitrogens is 2. The maximum absolute atomic E-state index is 12.5. The minimum atomic E-state index is -0.109. The average Bonchev–Trinajstić information content (AvgIpc) is 3.34. The molecule has 3 rings (SSSR count). The van der Waals surface area contributed by atoms with Crippen LogP contribution in [0.25, 0.3) is 6.08 Å². The van der Waals surface area contributed by atoms with Crippen LogP contribution in [-0.4, -0.2) is 22.7 Å². The number of nitrogens with two attached hydrogens (primary N) is 1. The lowest BCUT2D eigenvalue weighted by molar-refractivity contribution is 0.0951. The molecule has 0 radical (unpaired) electrons. The van der Waals surface area contributed by atoms with Gasteiger partial charge in [0.05, 0.1) is 18.3 Å². The predicted molar refractivity (Wildman–Crippen MR) is 145 cm³/mol. The lowest BCUT2D eigenvalue weighted by Gasteiger charge is -2.07. The average molecular weight is 463 g/mol. The molecular weight excluding hydrogens is 420 g/mol. The van der Waals surface area contributed by atoms with E-state index in [1.54, 1.807) is 17.1 Å². The van der Waals surface area contributed by atoms with E-state index in [4.69, 9.17) is 0 Å². The highest BCUT2D eigenvalue weighted by Gasteiger charge is 2.09. The first-order valence-electron chi connectivity index (χ1n) is 12.2. The van der Waals surface area contributed by atoms with Crippen molar-refractivity contribution in [1.82, 2.24) is 15.1 Å². The second kappa shape index (κ2) is 15.6. The van der Waals surface area contributed by atoms with Gasteiger partial charge in [-0.15, -0.1) is 0 Å². The second-order valence-electron chi connectivity index (χ2n) is 8.09. The van der Waals surface area contributed by atoms with Gasteiger partial charge in [-0.05, 0) is 48.6 Å². The Hall–Kier alpha value is -3.18. The third-order valence-corrected chi connectivity index (χ3v) is 5.29. The molecule has 2 aromatic carbocycles. The Balaban J connectivity index is 0.00000137. The van der Waals surface area contributed by atoms with Crippen molar-refractivity contribution in [3.63, 3.8) is 0 Å². The van der Waals surface area contributed by atoms with Crippen molar-refractivity contribution >= 4 is 12.0 Å². The van der Waals surface area contributed by atoms with Gasteiger partial charge in [-0.3, -0.25) is 9.48 Å². The first-order chi connectivity index (χ1) is 16.4. The molecule has 184 valence electrons. The molecule has 1 heterocycles. The van der Waals surface area contributed by atoms with Crippen LogP contribution in [-0.2, 0) is 13.1 Å². The minimum absolute atomic E-state index is 0.109. The zero-order valence-electron chi connectivity index (χ0n) is 21.9. The van der Waals surface area contributed by atoms with Gasteiger partial charge in [0.2, 0.25) is 0 Å². The summed E-state index contributed by atoms with van der Waals surface area (Å²) >= 11 is 0. The summed E-state index contributed by atoms with van der Waals surface area (Å²) in [5, 5.41) is 7.32. The summed E-state index contributed by atoms with van der Waals surface area (Å²) < 4.78 is 1.80. The summed E-state index contributed by atoms with van der Waals surface area (Å²) in [6.45, 7) is 13.8.